The highest BCUT2D eigenvalue weighted by Crippen LogP contribution is 2.28. The monoisotopic (exact) mass is 412 g/mol. The Labute approximate surface area is 172 Å². The molecule has 0 unspecified atom stereocenters. The van der Waals surface area contributed by atoms with Crippen molar-refractivity contribution in [2.24, 2.45) is 0 Å². The third-order valence-corrected chi connectivity index (χ3v) is 6.04. The van der Waals surface area contributed by atoms with Crippen LogP contribution < -0.4 is 5.32 Å². The van der Waals surface area contributed by atoms with Crippen molar-refractivity contribution in [1.82, 2.24) is 20.4 Å². The maximum Gasteiger partial charge on any atom is 0.272 e. The third-order valence-electron chi connectivity index (χ3n) is 6.04. The fraction of sp³-hybridized carbons (Fsp3) is 0.364. The number of nitrogens with zero attached hydrogens (tertiary/aromatic N) is 2. The molecular weight excluding hydrogens is 390 g/mol. The van der Waals surface area contributed by atoms with Crippen molar-refractivity contribution in [3.05, 3.63) is 53.7 Å². The van der Waals surface area contributed by atoms with E-state index in [1.54, 1.807) is 18.2 Å². The van der Waals surface area contributed by atoms with Gasteiger partial charge in [-0.05, 0) is 36.6 Å². The fourth-order valence-corrected chi connectivity index (χ4v) is 4.18. The maximum atomic E-state index is 14.2. The zero-order valence-corrected chi connectivity index (χ0v) is 16.3. The van der Waals surface area contributed by atoms with E-state index in [0.717, 1.165) is 45.2 Å². The van der Waals surface area contributed by atoms with Crippen molar-refractivity contribution >= 4 is 16.8 Å². The highest BCUT2D eigenvalue weighted by Gasteiger charge is 2.30. The standard InChI is InChI=1S/C22H22F2N4O2/c23-18-3-1-2-16(20(18)24)13-4-5-19-17(10-13)21(27-26-19)22(29)25-14-6-8-28(9-7-14)15-11-30-12-15/h1-5,10,14-15H,6-9,11-12H2,(H,25,29)(H,26,27). The van der Waals surface area contributed by atoms with E-state index >= 15 is 0 Å². The summed E-state index contributed by atoms with van der Waals surface area (Å²) in [6.45, 7) is 3.46. The molecule has 2 aromatic carbocycles. The molecule has 0 bridgehead atoms. The molecule has 2 aliphatic rings. The number of halogens is 2. The Hall–Kier alpha value is -2.84. The highest BCUT2D eigenvalue weighted by atomic mass is 19.2. The normalized spacial score (nSPS) is 18.5. The van der Waals surface area contributed by atoms with Crippen LogP contribution >= 0.6 is 0 Å². The van der Waals surface area contributed by atoms with Crippen LogP contribution in [0.5, 0.6) is 0 Å². The second-order valence-electron chi connectivity index (χ2n) is 7.91. The molecule has 5 rings (SSSR count). The zero-order valence-electron chi connectivity index (χ0n) is 16.3. The van der Waals surface area contributed by atoms with E-state index in [2.05, 4.69) is 20.4 Å². The molecule has 156 valence electrons. The van der Waals surface area contributed by atoms with Gasteiger partial charge in [0.15, 0.2) is 17.3 Å². The molecule has 30 heavy (non-hydrogen) atoms. The van der Waals surface area contributed by atoms with E-state index < -0.39 is 11.6 Å². The van der Waals surface area contributed by atoms with Crippen molar-refractivity contribution < 1.29 is 18.3 Å². The second kappa shape index (κ2) is 7.77. The van der Waals surface area contributed by atoms with E-state index in [9.17, 15) is 13.6 Å². The number of hydrogen-bond acceptors (Lipinski definition) is 4. The molecule has 2 saturated heterocycles. The van der Waals surface area contributed by atoms with Crippen molar-refractivity contribution in [1.29, 1.82) is 0 Å². The van der Waals surface area contributed by atoms with Gasteiger partial charge in [0.25, 0.3) is 5.91 Å². The molecule has 1 aromatic heterocycles. The Morgan fingerprint density at radius 2 is 1.97 bits per heavy atom. The summed E-state index contributed by atoms with van der Waals surface area (Å²) in [7, 11) is 0. The van der Waals surface area contributed by atoms with Crippen molar-refractivity contribution in [3.8, 4) is 11.1 Å². The van der Waals surface area contributed by atoms with Crippen LogP contribution in [0.15, 0.2) is 36.4 Å². The van der Waals surface area contributed by atoms with Gasteiger partial charge in [0, 0.05) is 30.1 Å². The minimum atomic E-state index is -0.907. The average Bonchev–Trinajstić information content (AvgIpc) is 3.13. The van der Waals surface area contributed by atoms with E-state index in [1.165, 1.54) is 12.1 Å². The summed E-state index contributed by atoms with van der Waals surface area (Å²) in [6.07, 6.45) is 1.76. The quantitative estimate of drug-likeness (QED) is 0.691. The number of hydrogen-bond donors (Lipinski definition) is 2. The number of rotatable bonds is 4. The second-order valence-corrected chi connectivity index (χ2v) is 7.91. The lowest BCUT2D eigenvalue weighted by molar-refractivity contribution is -0.0716. The van der Waals surface area contributed by atoms with Crippen LogP contribution in [0.4, 0.5) is 8.78 Å². The molecule has 8 heteroatoms. The number of ether oxygens (including phenoxy) is 1. The smallest absolute Gasteiger partial charge is 0.272 e. The largest absolute Gasteiger partial charge is 0.378 e. The lowest BCUT2D eigenvalue weighted by Crippen LogP contribution is -2.54. The van der Waals surface area contributed by atoms with Crippen molar-refractivity contribution in [2.45, 2.75) is 24.9 Å². The molecule has 1 amide bonds. The van der Waals surface area contributed by atoms with E-state index in [1.807, 2.05) is 0 Å². The minimum Gasteiger partial charge on any atom is -0.378 e. The third kappa shape index (κ3) is 3.46. The van der Waals surface area contributed by atoms with Gasteiger partial charge in [0.05, 0.1) is 24.8 Å². The lowest BCUT2D eigenvalue weighted by atomic mass is 10.0. The number of likely N-dealkylation sites (tertiary alicyclic amines) is 1. The number of carbonyl (C=O) groups excluding carboxylic acids is 1. The van der Waals surface area contributed by atoms with Gasteiger partial charge in [0.2, 0.25) is 0 Å². The topological polar surface area (TPSA) is 70.2 Å². The summed E-state index contributed by atoms with van der Waals surface area (Å²) >= 11 is 0. The molecule has 0 radical (unpaired) electrons. The van der Waals surface area contributed by atoms with Crippen molar-refractivity contribution in [2.75, 3.05) is 26.3 Å². The number of H-pyrrole nitrogens is 1. The predicted molar refractivity (Wildman–Crippen MR) is 108 cm³/mol. The number of fused-ring (bicyclic) bond motifs is 1. The predicted octanol–water partition coefficient (Wildman–Crippen LogP) is 3.10. The number of aromatic amines is 1. The molecule has 2 fully saturated rings. The first-order valence-electron chi connectivity index (χ1n) is 10.2. The van der Waals surface area contributed by atoms with Crippen molar-refractivity contribution in [3.63, 3.8) is 0 Å². The first-order valence-corrected chi connectivity index (χ1v) is 10.2. The van der Waals surface area contributed by atoms with E-state index in [-0.39, 0.29) is 23.2 Å². The number of amides is 1. The molecule has 3 heterocycles. The summed E-state index contributed by atoms with van der Waals surface area (Å²) in [4.78, 5) is 15.3. The Bertz CT molecular complexity index is 1090. The number of benzene rings is 2. The SMILES string of the molecule is O=C(NC1CCN(C2COC2)CC1)c1n[nH]c2ccc(-c3cccc(F)c3F)cc12. The molecule has 2 N–H and O–H groups in total. The Morgan fingerprint density at radius 3 is 2.70 bits per heavy atom. The highest BCUT2D eigenvalue weighted by molar-refractivity contribution is 6.05. The average molecular weight is 412 g/mol. The molecule has 0 saturated carbocycles. The minimum absolute atomic E-state index is 0.0883. The van der Waals surface area contributed by atoms with Gasteiger partial charge in [-0.3, -0.25) is 14.8 Å². The van der Waals surface area contributed by atoms with Crippen LogP contribution in [-0.2, 0) is 4.74 Å². The van der Waals surface area contributed by atoms with Gasteiger partial charge in [0.1, 0.15) is 0 Å². The number of nitrogens with one attached hydrogen (secondary N) is 2. The van der Waals surface area contributed by atoms with Gasteiger partial charge in [-0.2, -0.15) is 5.10 Å². The van der Waals surface area contributed by atoms with Crippen LogP contribution in [0.1, 0.15) is 23.3 Å². The van der Waals surface area contributed by atoms with E-state index in [4.69, 9.17) is 4.74 Å². The van der Waals surface area contributed by atoms with Crippen LogP contribution in [0.2, 0.25) is 0 Å². The summed E-state index contributed by atoms with van der Waals surface area (Å²) < 4.78 is 33.1. The summed E-state index contributed by atoms with van der Waals surface area (Å²) in [5.41, 5.74) is 1.57. The zero-order chi connectivity index (χ0) is 20.7. The van der Waals surface area contributed by atoms with Gasteiger partial charge < -0.3 is 10.1 Å². The number of piperidine rings is 1. The molecule has 3 aromatic rings. The molecule has 2 aliphatic heterocycles. The molecule has 0 atom stereocenters. The van der Waals surface area contributed by atoms with Crippen LogP contribution in [0.25, 0.3) is 22.0 Å². The lowest BCUT2D eigenvalue weighted by Gasteiger charge is -2.41. The first kappa shape index (κ1) is 19.1. The first-order chi connectivity index (χ1) is 14.6. The molecule has 0 aliphatic carbocycles. The summed E-state index contributed by atoms with van der Waals surface area (Å²) in [5, 5.41) is 10.7. The van der Waals surface area contributed by atoms with Crippen LogP contribution in [0, 0.1) is 11.6 Å². The van der Waals surface area contributed by atoms with E-state index in [0.29, 0.717) is 22.5 Å². The Morgan fingerprint density at radius 1 is 1.17 bits per heavy atom. The van der Waals surface area contributed by atoms with Gasteiger partial charge in [-0.15, -0.1) is 0 Å². The molecule has 6 nitrogen and oxygen atoms in total. The van der Waals surface area contributed by atoms with Crippen LogP contribution in [0.3, 0.4) is 0 Å². The molecular formula is C22H22F2N4O2. The summed E-state index contributed by atoms with van der Waals surface area (Å²) in [6, 6.07) is 9.73. The Balaban J connectivity index is 1.34. The molecule has 0 spiro atoms. The van der Waals surface area contributed by atoms with Gasteiger partial charge in [-0.1, -0.05) is 18.2 Å². The number of carbonyl (C=O) groups is 1. The Kier molecular flexibility index (Phi) is 4.96. The van der Waals surface area contributed by atoms with Gasteiger partial charge >= 0.3 is 0 Å². The number of aromatic nitrogens is 2. The van der Waals surface area contributed by atoms with Crippen LogP contribution in [-0.4, -0.2) is 59.4 Å². The van der Waals surface area contributed by atoms with Gasteiger partial charge in [-0.25, -0.2) is 8.78 Å². The summed E-state index contributed by atoms with van der Waals surface area (Å²) in [5.74, 6) is -2.07. The maximum absolute atomic E-state index is 14.2. The fourth-order valence-electron chi connectivity index (χ4n) is 4.18.